The fraction of sp³-hybridized carbons (Fsp3) is 0.240. The van der Waals surface area contributed by atoms with E-state index >= 15 is 0 Å². The monoisotopic (exact) mass is 441 g/mol. The number of nitrogens with zero attached hydrogens (tertiary/aromatic N) is 1. The summed E-state index contributed by atoms with van der Waals surface area (Å²) in [4.78, 5) is 4.65. The Labute approximate surface area is 181 Å². The number of benzene rings is 3. The molecule has 0 amide bonds. The van der Waals surface area contributed by atoms with Gasteiger partial charge in [-0.15, -0.1) is 0 Å². The zero-order valence-electron chi connectivity index (χ0n) is 17.3. The van der Waals surface area contributed by atoms with Crippen LogP contribution in [0.1, 0.15) is 25.0 Å². The molecule has 0 saturated heterocycles. The predicted molar refractivity (Wildman–Crippen MR) is 121 cm³/mol. The van der Waals surface area contributed by atoms with E-state index in [1.165, 1.54) is 6.07 Å². The summed E-state index contributed by atoms with van der Waals surface area (Å²) >= 11 is 0. The van der Waals surface area contributed by atoms with E-state index in [1.54, 1.807) is 6.07 Å². The van der Waals surface area contributed by atoms with Gasteiger partial charge >= 0.3 is 6.18 Å². The number of aliphatic imine (C=N–C) groups is 1. The Kier molecular flexibility index (Phi) is 6.15. The number of halogens is 3. The van der Waals surface area contributed by atoms with E-state index in [1.807, 2.05) is 74.5 Å². The van der Waals surface area contributed by atoms with Gasteiger partial charge in [0.1, 0.15) is 6.61 Å². The highest BCUT2D eigenvalue weighted by atomic mass is 31.1. The number of alkyl halides is 3. The molecule has 0 saturated carbocycles. The maximum atomic E-state index is 13.6. The first-order chi connectivity index (χ1) is 14.8. The molecule has 6 heteroatoms. The van der Waals surface area contributed by atoms with Crippen molar-refractivity contribution < 1.29 is 17.9 Å². The second-order valence-corrected chi connectivity index (χ2v) is 9.98. The zero-order valence-corrected chi connectivity index (χ0v) is 18.2. The van der Waals surface area contributed by atoms with Gasteiger partial charge < -0.3 is 4.74 Å². The molecule has 1 atom stereocenters. The van der Waals surface area contributed by atoms with E-state index in [9.17, 15) is 13.2 Å². The highest BCUT2D eigenvalue weighted by Crippen LogP contribution is 2.37. The topological polar surface area (TPSA) is 21.6 Å². The Morgan fingerprint density at radius 3 is 1.97 bits per heavy atom. The third-order valence-corrected chi connectivity index (χ3v) is 7.77. The Balaban J connectivity index is 1.92. The van der Waals surface area contributed by atoms with E-state index < -0.39 is 19.7 Å². The summed E-state index contributed by atoms with van der Waals surface area (Å²) in [7, 11) is -1.09. The zero-order chi connectivity index (χ0) is 22.0. The third-order valence-electron chi connectivity index (χ3n) is 5.27. The van der Waals surface area contributed by atoms with Crippen molar-refractivity contribution in [2.75, 3.05) is 6.61 Å². The minimum Gasteiger partial charge on any atom is -0.475 e. The van der Waals surface area contributed by atoms with Gasteiger partial charge in [-0.2, -0.15) is 13.2 Å². The Morgan fingerprint density at radius 2 is 1.48 bits per heavy atom. The van der Waals surface area contributed by atoms with Gasteiger partial charge in [0, 0.05) is 5.56 Å². The van der Waals surface area contributed by atoms with E-state index in [0.717, 1.165) is 22.0 Å². The van der Waals surface area contributed by atoms with Crippen LogP contribution in [0, 0.1) is 5.92 Å². The quantitative estimate of drug-likeness (QED) is 0.495. The van der Waals surface area contributed by atoms with Crippen LogP contribution in [-0.4, -0.2) is 18.5 Å². The molecule has 0 spiro atoms. The molecule has 0 radical (unpaired) electrons. The number of ether oxygens (including phenoxy) is 1. The summed E-state index contributed by atoms with van der Waals surface area (Å²) in [5, 5.41) is 2.93. The second-order valence-electron chi connectivity index (χ2n) is 7.79. The van der Waals surface area contributed by atoms with Crippen molar-refractivity contribution in [3.8, 4) is 0 Å². The maximum Gasteiger partial charge on any atom is 0.416 e. The first-order valence-corrected chi connectivity index (χ1v) is 11.5. The molecule has 0 aromatic heterocycles. The number of hydrogen-bond acceptors (Lipinski definition) is 2. The van der Waals surface area contributed by atoms with Crippen molar-refractivity contribution >= 4 is 29.7 Å². The van der Waals surface area contributed by atoms with Gasteiger partial charge in [-0.25, -0.2) is 4.99 Å². The molecule has 1 aliphatic heterocycles. The van der Waals surface area contributed by atoms with Crippen LogP contribution in [0.2, 0.25) is 0 Å². The fourth-order valence-corrected chi connectivity index (χ4v) is 5.96. The van der Waals surface area contributed by atoms with Gasteiger partial charge in [0.15, 0.2) is 0 Å². The molecule has 1 heterocycles. The summed E-state index contributed by atoms with van der Waals surface area (Å²) in [6, 6.07) is 23.7. The molecule has 0 aliphatic carbocycles. The smallest absolute Gasteiger partial charge is 0.416 e. The lowest BCUT2D eigenvalue weighted by molar-refractivity contribution is -0.137. The lowest BCUT2D eigenvalue weighted by Gasteiger charge is -2.23. The highest BCUT2D eigenvalue weighted by molar-refractivity contribution is 7.80. The SMILES string of the molecule is CC(C)[C@H]1COC(c2cc(C(F)(F)F)ccc2P(c2ccccc2)c2ccccc2)=N1. The van der Waals surface area contributed by atoms with Crippen molar-refractivity contribution in [3.63, 3.8) is 0 Å². The van der Waals surface area contributed by atoms with Crippen LogP contribution in [-0.2, 0) is 10.9 Å². The molecular formula is C25H23F3NOP. The van der Waals surface area contributed by atoms with Crippen molar-refractivity contribution in [2.45, 2.75) is 26.1 Å². The fourth-order valence-electron chi connectivity index (χ4n) is 3.54. The minimum absolute atomic E-state index is 0.0583. The van der Waals surface area contributed by atoms with Gasteiger partial charge in [0.25, 0.3) is 0 Å². The number of rotatable bonds is 5. The van der Waals surface area contributed by atoms with E-state index in [2.05, 4.69) is 4.99 Å². The summed E-state index contributed by atoms with van der Waals surface area (Å²) in [5.41, 5.74) is -0.265. The van der Waals surface area contributed by atoms with Gasteiger partial charge in [0.2, 0.25) is 5.90 Å². The van der Waals surface area contributed by atoms with E-state index in [4.69, 9.17) is 4.74 Å². The van der Waals surface area contributed by atoms with Crippen LogP contribution >= 0.6 is 7.92 Å². The number of hydrogen-bond donors (Lipinski definition) is 0. The molecule has 2 nitrogen and oxygen atoms in total. The van der Waals surface area contributed by atoms with Gasteiger partial charge in [-0.1, -0.05) is 80.6 Å². The molecule has 4 rings (SSSR count). The Hall–Kier alpha value is -2.65. The lowest BCUT2D eigenvalue weighted by atomic mass is 10.1. The van der Waals surface area contributed by atoms with Crippen LogP contribution < -0.4 is 15.9 Å². The Bertz CT molecular complexity index is 1030. The summed E-state index contributed by atoms with van der Waals surface area (Å²) < 4.78 is 46.5. The largest absolute Gasteiger partial charge is 0.475 e. The molecule has 3 aromatic rings. The first-order valence-electron chi connectivity index (χ1n) is 10.2. The van der Waals surface area contributed by atoms with Crippen LogP contribution in [0.25, 0.3) is 0 Å². The second kappa shape index (κ2) is 8.84. The summed E-state index contributed by atoms with van der Waals surface area (Å²) in [6.07, 6.45) is -4.44. The van der Waals surface area contributed by atoms with E-state index in [0.29, 0.717) is 18.1 Å². The molecule has 160 valence electrons. The average Bonchev–Trinajstić information content (AvgIpc) is 3.25. The molecule has 31 heavy (non-hydrogen) atoms. The van der Waals surface area contributed by atoms with Gasteiger partial charge in [-0.05, 0) is 41.9 Å². The Morgan fingerprint density at radius 1 is 0.903 bits per heavy atom. The average molecular weight is 441 g/mol. The summed E-state index contributed by atoms with van der Waals surface area (Å²) in [6.45, 7) is 4.46. The molecule has 0 bridgehead atoms. The molecule has 3 aromatic carbocycles. The minimum atomic E-state index is -4.44. The molecular weight excluding hydrogens is 418 g/mol. The van der Waals surface area contributed by atoms with E-state index in [-0.39, 0.29) is 12.0 Å². The van der Waals surface area contributed by atoms with Crippen molar-refractivity contribution in [3.05, 3.63) is 90.0 Å². The normalized spacial score (nSPS) is 16.5. The standard InChI is InChI=1S/C25H23F3NOP/c1-17(2)22-16-30-24(29-22)21-15-18(25(26,27)28)13-14-23(21)31(19-9-5-3-6-10-19)20-11-7-4-8-12-20/h3-15,17,22H,16H2,1-2H3/t22-/m1/s1. The third kappa shape index (κ3) is 4.67. The van der Waals surface area contributed by atoms with Crippen molar-refractivity contribution in [1.82, 2.24) is 0 Å². The molecule has 0 fully saturated rings. The van der Waals surface area contributed by atoms with Crippen LogP contribution in [0.4, 0.5) is 13.2 Å². The van der Waals surface area contributed by atoms with Gasteiger partial charge in [-0.3, -0.25) is 0 Å². The van der Waals surface area contributed by atoms with Crippen molar-refractivity contribution in [2.24, 2.45) is 10.9 Å². The predicted octanol–water partition coefficient (Wildman–Crippen LogP) is 5.27. The van der Waals surface area contributed by atoms with Crippen LogP contribution in [0.15, 0.2) is 83.9 Å². The lowest BCUT2D eigenvalue weighted by Crippen LogP contribution is -2.26. The molecule has 0 N–H and O–H groups in total. The van der Waals surface area contributed by atoms with Crippen molar-refractivity contribution in [1.29, 1.82) is 0 Å². The summed E-state index contributed by atoms with van der Waals surface area (Å²) in [5.74, 6) is 0.552. The first kappa shape index (κ1) is 21.6. The maximum absolute atomic E-state index is 13.6. The highest BCUT2D eigenvalue weighted by Gasteiger charge is 2.34. The van der Waals surface area contributed by atoms with Gasteiger partial charge in [0.05, 0.1) is 11.6 Å². The van der Waals surface area contributed by atoms with Crippen LogP contribution in [0.3, 0.4) is 0 Å². The molecule has 0 unspecified atom stereocenters. The molecule has 1 aliphatic rings. The van der Waals surface area contributed by atoms with Crippen LogP contribution in [0.5, 0.6) is 0 Å².